The second-order valence-electron chi connectivity index (χ2n) is 10.2. The van der Waals surface area contributed by atoms with Crippen molar-refractivity contribution >= 4 is 16.7 Å². The highest BCUT2D eigenvalue weighted by Crippen LogP contribution is 2.40. The number of anilines is 1. The molecule has 0 amide bonds. The summed E-state index contributed by atoms with van der Waals surface area (Å²) in [5.74, 6) is 0.901. The van der Waals surface area contributed by atoms with Crippen LogP contribution in [0.4, 0.5) is 10.2 Å². The summed E-state index contributed by atoms with van der Waals surface area (Å²) >= 11 is 0. The molecule has 164 valence electrons. The van der Waals surface area contributed by atoms with Crippen molar-refractivity contribution in [3.63, 3.8) is 0 Å². The van der Waals surface area contributed by atoms with Crippen molar-refractivity contribution in [2.75, 3.05) is 11.4 Å². The van der Waals surface area contributed by atoms with Gasteiger partial charge in [0.05, 0.1) is 17.3 Å². The number of phenols is 1. The van der Waals surface area contributed by atoms with Crippen molar-refractivity contribution in [2.24, 2.45) is 7.05 Å². The summed E-state index contributed by atoms with van der Waals surface area (Å²) in [7, 11) is 1.85. The van der Waals surface area contributed by atoms with Gasteiger partial charge in [-0.25, -0.2) is 4.39 Å². The van der Waals surface area contributed by atoms with Crippen LogP contribution in [0.2, 0.25) is 0 Å². The summed E-state index contributed by atoms with van der Waals surface area (Å²) in [5.41, 5.74) is 2.25. The smallest absolute Gasteiger partial charge is 0.154 e. The maximum Gasteiger partial charge on any atom is 0.154 e. The van der Waals surface area contributed by atoms with Gasteiger partial charge in [0, 0.05) is 47.4 Å². The Balaban J connectivity index is 1.50. The lowest BCUT2D eigenvalue weighted by molar-refractivity contribution is 0.0555. The van der Waals surface area contributed by atoms with Gasteiger partial charge >= 0.3 is 0 Å². The van der Waals surface area contributed by atoms with E-state index in [0.29, 0.717) is 17.7 Å². The van der Waals surface area contributed by atoms with E-state index < -0.39 is 11.7 Å². The first-order valence-electron chi connectivity index (χ1n) is 10.8. The van der Waals surface area contributed by atoms with Crippen molar-refractivity contribution in [3.8, 4) is 17.0 Å². The summed E-state index contributed by atoms with van der Waals surface area (Å²) in [6, 6.07) is 5.25. The number of aromatic nitrogens is 4. The van der Waals surface area contributed by atoms with Gasteiger partial charge in [-0.2, -0.15) is 5.10 Å². The number of rotatable bonds is 2. The maximum absolute atomic E-state index is 15.5. The lowest BCUT2D eigenvalue weighted by atomic mass is 9.77. The Morgan fingerprint density at radius 2 is 1.94 bits per heavy atom. The van der Waals surface area contributed by atoms with E-state index in [0.717, 1.165) is 35.2 Å². The lowest BCUT2D eigenvalue weighted by Gasteiger charge is -2.51. The number of hydrogen-bond donors (Lipinski definition) is 2. The highest BCUT2D eigenvalue weighted by atomic mass is 19.1. The predicted octanol–water partition coefficient (Wildman–Crippen LogP) is 3.36. The zero-order chi connectivity index (χ0) is 22.1. The number of nitrogens with zero attached hydrogens (tertiary/aromatic N) is 5. The molecule has 31 heavy (non-hydrogen) atoms. The first-order valence-corrected chi connectivity index (χ1v) is 10.8. The molecule has 1 saturated heterocycles. The molecule has 0 aliphatic carbocycles. The molecule has 0 saturated carbocycles. The molecule has 2 atom stereocenters. The molecule has 2 aliphatic heterocycles. The number of aromatic hydroxyl groups is 1. The van der Waals surface area contributed by atoms with Crippen molar-refractivity contribution in [1.82, 2.24) is 25.3 Å². The fourth-order valence-electron chi connectivity index (χ4n) is 5.41. The van der Waals surface area contributed by atoms with E-state index >= 15 is 4.39 Å². The van der Waals surface area contributed by atoms with Crippen molar-refractivity contribution in [3.05, 3.63) is 30.0 Å². The van der Waals surface area contributed by atoms with Crippen LogP contribution in [-0.2, 0) is 13.5 Å². The minimum Gasteiger partial charge on any atom is -0.507 e. The Bertz CT molecular complexity index is 1170. The van der Waals surface area contributed by atoms with Crippen LogP contribution >= 0.6 is 0 Å². The second kappa shape index (κ2) is 6.63. The summed E-state index contributed by atoms with van der Waals surface area (Å²) < 4.78 is 17.2. The third-order valence-corrected chi connectivity index (χ3v) is 6.56. The van der Waals surface area contributed by atoms with Crippen LogP contribution in [0.1, 0.15) is 39.7 Å². The molecule has 0 spiro atoms. The summed E-state index contributed by atoms with van der Waals surface area (Å²) in [4.78, 5) is 2.09. The number of benzene rings is 1. The van der Waals surface area contributed by atoms with Gasteiger partial charge < -0.3 is 15.3 Å². The number of fused-ring (bicyclic) bond motifs is 2. The Morgan fingerprint density at radius 3 is 2.71 bits per heavy atom. The maximum atomic E-state index is 15.5. The topological polar surface area (TPSA) is 79.1 Å². The van der Waals surface area contributed by atoms with Gasteiger partial charge in [-0.05, 0) is 58.7 Å². The minimum atomic E-state index is -1.02. The van der Waals surface area contributed by atoms with E-state index in [4.69, 9.17) is 0 Å². The third kappa shape index (κ3) is 3.33. The molecule has 0 unspecified atom stereocenters. The fraction of sp³-hybridized carbons (Fsp3) is 0.522. The molecule has 2 aromatic heterocycles. The molecule has 2 aliphatic rings. The molecule has 3 aromatic rings. The fourth-order valence-corrected chi connectivity index (χ4v) is 5.41. The zero-order valence-electron chi connectivity index (χ0n) is 18.6. The van der Waals surface area contributed by atoms with E-state index in [-0.39, 0.29) is 17.3 Å². The van der Waals surface area contributed by atoms with Gasteiger partial charge in [0.1, 0.15) is 11.9 Å². The van der Waals surface area contributed by atoms with Crippen LogP contribution in [0.15, 0.2) is 24.4 Å². The zero-order valence-corrected chi connectivity index (χ0v) is 18.6. The molecule has 2 N–H and O–H groups in total. The number of hydrogen-bond acceptors (Lipinski definition) is 6. The molecule has 5 rings (SSSR count). The van der Waals surface area contributed by atoms with E-state index in [2.05, 4.69) is 39.4 Å². The minimum absolute atomic E-state index is 0.148. The van der Waals surface area contributed by atoms with Gasteiger partial charge in [0.15, 0.2) is 5.82 Å². The summed E-state index contributed by atoms with van der Waals surface area (Å²) in [5, 5.41) is 28.2. The van der Waals surface area contributed by atoms with Crippen LogP contribution in [0.25, 0.3) is 22.2 Å². The largest absolute Gasteiger partial charge is 0.507 e. The normalized spacial score (nSPS) is 24.5. The van der Waals surface area contributed by atoms with Crippen molar-refractivity contribution in [1.29, 1.82) is 0 Å². The van der Waals surface area contributed by atoms with Gasteiger partial charge in [0.25, 0.3) is 0 Å². The molecular formula is C23H29FN6O. The van der Waals surface area contributed by atoms with Gasteiger partial charge in [-0.3, -0.25) is 4.68 Å². The van der Waals surface area contributed by atoms with Crippen molar-refractivity contribution in [2.45, 2.75) is 63.8 Å². The molecule has 0 bridgehead atoms. The first kappa shape index (κ1) is 20.2. The number of halogens is 1. The molecule has 1 fully saturated rings. The molecule has 7 nitrogen and oxygen atoms in total. The molecule has 8 heteroatoms. The van der Waals surface area contributed by atoms with Crippen LogP contribution in [0, 0.1) is 0 Å². The molecule has 1 aromatic carbocycles. The highest BCUT2D eigenvalue weighted by molar-refractivity contribution is 5.87. The van der Waals surface area contributed by atoms with Crippen LogP contribution in [0.3, 0.4) is 0 Å². The highest BCUT2D eigenvalue weighted by Gasteiger charge is 2.49. The number of aryl methyl sites for hydroxylation is 1. The summed E-state index contributed by atoms with van der Waals surface area (Å²) in [6.07, 6.45) is 2.31. The molecule has 0 radical (unpaired) electrons. The van der Waals surface area contributed by atoms with Crippen LogP contribution in [-0.4, -0.2) is 54.9 Å². The Hall–Kier alpha value is -2.74. The average molecular weight is 425 g/mol. The van der Waals surface area contributed by atoms with E-state index in [1.54, 1.807) is 10.7 Å². The number of phenolic OH excluding ortho intramolecular Hbond substituents is 1. The number of alkyl halides is 1. The van der Waals surface area contributed by atoms with E-state index in [1.165, 1.54) is 0 Å². The quantitative estimate of drug-likeness (QED) is 0.657. The van der Waals surface area contributed by atoms with Crippen molar-refractivity contribution < 1.29 is 9.50 Å². The number of nitrogens with one attached hydrogen (secondary N) is 1. The van der Waals surface area contributed by atoms with E-state index in [9.17, 15) is 5.11 Å². The SMILES string of the molecule is Cn1cc2cc(O)c(-c3cc4c(nn3)N([C@H]3CC(C)(C)NC(C)(C)[C@H]3F)CC4)cc2n1. The van der Waals surface area contributed by atoms with E-state index in [1.807, 2.05) is 39.2 Å². The second-order valence-corrected chi connectivity index (χ2v) is 10.2. The van der Waals surface area contributed by atoms with Gasteiger partial charge in [-0.1, -0.05) is 0 Å². The predicted molar refractivity (Wildman–Crippen MR) is 119 cm³/mol. The lowest BCUT2D eigenvalue weighted by Crippen LogP contribution is -2.69. The monoisotopic (exact) mass is 424 g/mol. The standard InChI is InChI=1S/C23H29FN6O/c1-22(2)11-18(20(24)23(3,4)28-22)30-7-6-13-8-17(25-26-21(13)30)15-10-16-14(9-19(15)31)12-29(5)27-16/h8-10,12,18,20,28,31H,6-7,11H2,1-5H3/t18-,20-/m0/s1. The van der Waals surface area contributed by atoms with Crippen LogP contribution in [0.5, 0.6) is 5.75 Å². The Labute approximate surface area is 181 Å². The first-order chi connectivity index (χ1) is 14.5. The third-order valence-electron chi connectivity index (χ3n) is 6.56. The van der Waals surface area contributed by atoms with Gasteiger partial charge in [-0.15, -0.1) is 10.2 Å². The molecular weight excluding hydrogens is 395 g/mol. The number of piperidine rings is 1. The Kier molecular flexibility index (Phi) is 4.31. The average Bonchev–Trinajstić information content (AvgIpc) is 3.24. The Morgan fingerprint density at radius 1 is 1.16 bits per heavy atom. The van der Waals surface area contributed by atoms with Crippen LogP contribution < -0.4 is 10.2 Å². The van der Waals surface area contributed by atoms with Gasteiger partial charge in [0.2, 0.25) is 0 Å². The summed E-state index contributed by atoms with van der Waals surface area (Å²) in [6.45, 7) is 8.81. The molecule has 4 heterocycles.